The summed E-state index contributed by atoms with van der Waals surface area (Å²) >= 11 is 0. The molecule has 1 aromatic carbocycles. The van der Waals surface area contributed by atoms with Crippen molar-refractivity contribution in [3.05, 3.63) is 48.2 Å². The number of carbonyl (C=O) groups excluding carboxylic acids is 1. The van der Waals surface area contributed by atoms with Crippen LogP contribution in [0, 0.1) is 5.92 Å². The second kappa shape index (κ2) is 5.16. The van der Waals surface area contributed by atoms with Gasteiger partial charge in [0.05, 0.1) is 5.56 Å². The third-order valence-electron chi connectivity index (χ3n) is 4.15. The van der Waals surface area contributed by atoms with E-state index >= 15 is 0 Å². The van der Waals surface area contributed by atoms with Crippen LogP contribution in [0.15, 0.2) is 47.1 Å². The summed E-state index contributed by atoms with van der Waals surface area (Å²) in [5, 5.41) is 4.02. The van der Waals surface area contributed by atoms with Crippen LogP contribution in [-0.2, 0) is 0 Å². The standard InChI is InChI=1S/C17H19NO2/c1-11-7-8-15(12(2)9-11)18-17(19)14-10-20-16-6-4-3-5-13(14)16/h3-6,10,12,15H,1,7-9H2,2H3,(H,18,19). The average molecular weight is 269 g/mol. The Morgan fingerprint density at radius 3 is 3.00 bits per heavy atom. The lowest BCUT2D eigenvalue weighted by Crippen LogP contribution is -2.41. The number of allylic oxidation sites excluding steroid dienone is 1. The lowest BCUT2D eigenvalue weighted by atomic mass is 9.83. The van der Waals surface area contributed by atoms with Gasteiger partial charge in [-0.15, -0.1) is 0 Å². The molecule has 2 atom stereocenters. The highest BCUT2D eigenvalue weighted by Crippen LogP contribution is 2.28. The molecule has 0 bridgehead atoms. The Balaban J connectivity index is 1.78. The number of rotatable bonds is 2. The zero-order valence-corrected chi connectivity index (χ0v) is 11.7. The van der Waals surface area contributed by atoms with E-state index in [2.05, 4.69) is 18.8 Å². The van der Waals surface area contributed by atoms with Gasteiger partial charge in [0.15, 0.2) is 0 Å². The molecule has 0 saturated heterocycles. The molecule has 3 heteroatoms. The second-order valence-corrected chi connectivity index (χ2v) is 5.70. The van der Waals surface area contributed by atoms with E-state index < -0.39 is 0 Å². The van der Waals surface area contributed by atoms with Crippen molar-refractivity contribution in [3.8, 4) is 0 Å². The number of nitrogens with one attached hydrogen (secondary N) is 1. The predicted molar refractivity (Wildman–Crippen MR) is 79.6 cm³/mol. The molecule has 2 aromatic rings. The van der Waals surface area contributed by atoms with Gasteiger partial charge in [0.25, 0.3) is 5.91 Å². The summed E-state index contributed by atoms with van der Waals surface area (Å²) in [5.74, 6) is 0.401. The van der Waals surface area contributed by atoms with Crippen LogP contribution in [0.1, 0.15) is 36.5 Å². The molecule has 3 rings (SSSR count). The first kappa shape index (κ1) is 13.0. The van der Waals surface area contributed by atoms with Gasteiger partial charge in [-0.3, -0.25) is 4.79 Å². The van der Waals surface area contributed by atoms with Gasteiger partial charge in [-0.2, -0.15) is 0 Å². The highest BCUT2D eigenvalue weighted by molar-refractivity contribution is 6.06. The van der Waals surface area contributed by atoms with Crippen LogP contribution in [0.2, 0.25) is 0 Å². The van der Waals surface area contributed by atoms with Gasteiger partial charge in [0.2, 0.25) is 0 Å². The molecule has 1 fully saturated rings. The fourth-order valence-corrected chi connectivity index (χ4v) is 2.96. The fraction of sp³-hybridized carbons (Fsp3) is 0.353. The molecule has 0 spiro atoms. The smallest absolute Gasteiger partial charge is 0.255 e. The first-order chi connectivity index (χ1) is 9.65. The summed E-state index contributed by atoms with van der Waals surface area (Å²) in [4.78, 5) is 12.4. The molecule has 1 amide bonds. The van der Waals surface area contributed by atoms with E-state index in [1.165, 1.54) is 5.57 Å². The zero-order chi connectivity index (χ0) is 14.1. The minimum Gasteiger partial charge on any atom is -0.463 e. The lowest BCUT2D eigenvalue weighted by Gasteiger charge is -2.30. The van der Waals surface area contributed by atoms with Crippen LogP contribution >= 0.6 is 0 Å². The third kappa shape index (κ3) is 2.36. The SMILES string of the molecule is C=C1CCC(NC(=O)c2coc3ccccc23)C(C)C1. The predicted octanol–water partition coefficient (Wildman–Crippen LogP) is 3.91. The molecular weight excluding hydrogens is 250 g/mol. The Labute approximate surface area is 118 Å². The van der Waals surface area contributed by atoms with Crippen molar-refractivity contribution < 1.29 is 9.21 Å². The molecule has 20 heavy (non-hydrogen) atoms. The van der Waals surface area contributed by atoms with E-state index in [0.717, 1.165) is 30.2 Å². The Kier molecular flexibility index (Phi) is 3.35. The number of para-hydroxylation sites is 1. The zero-order valence-electron chi connectivity index (χ0n) is 11.7. The summed E-state index contributed by atoms with van der Waals surface area (Å²) in [7, 11) is 0. The fourth-order valence-electron chi connectivity index (χ4n) is 2.96. The normalized spacial score (nSPS) is 22.9. The number of fused-ring (bicyclic) bond motifs is 1. The first-order valence-corrected chi connectivity index (χ1v) is 7.09. The summed E-state index contributed by atoms with van der Waals surface area (Å²) in [6.45, 7) is 6.21. The van der Waals surface area contributed by atoms with Crippen LogP contribution in [0.4, 0.5) is 0 Å². The van der Waals surface area contributed by atoms with E-state index in [4.69, 9.17) is 4.42 Å². The molecule has 104 valence electrons. The third-order valence-corrected chi connectivity index (χ3v) is 4.15. The number of amides is 1. The summed E-state index contributed by atoms with van der Waals surface area (Å²) in [6.07, 6.45) is 4.52. The minimum atomic E-state index is -0.0423. The number of benzene rings is 1. The van der Waals surface area contributed by atoms with Crippen molar-refractivity contribution in [1.29, 1.82) is 0 Å². The monoisotopic (exact) mass is 269 g/mol. The quantitative estimate of drug-likeness (QED) is 0.840. The molecule has 1 N–H and O–H groups in total. The number of carbonyl (C=O) groups is 1. The Morgan fingerprint density at radius 1 is 1.40 bits per heavy atom. The van der Waals surface area contributed by atoms with Crippen molar-refractivity contribution in [1.82, 2.24) is 5.32 Å². The molecule has 1 aromatic heterocycles. The Hall–Kier alpha value is -2.03. The molecule has 1 saturated carbocycles. The van der Waals surface area contributed by atoms with Gasteiger partial charge in [0.1, 0.15) is 11.8 Å². The Morgan fingerprint density at radius 2 is 2.20 bits per heavy atom. The molecule has 1 aliphatic carbocycles. The van der Waals surface area contributed by atoms with E-state index in [1.807, 2.05) is 24.3 Å². The van der Waals surface area contributed by atoms with Crippen molar-refractivity contribution in [2.75, 3.05) is 0 Å². The molecule has 2 unspecified atom stereocenters. The van der Waals surface area contributed by atoms with Crippen LogP contribution in [0.3, 0.4) is 0 Å². The Bertz CT molecular complexity index is 656. The molecule has 1 aliphatic rings. The number of hydrogen-bond donors (Lipinski definition) is 1. The average Bonchev–Trinajstić information content (AvgIpc) is 2.86. The first-order valence-electron chi connectivity index (χ1n) is 7.09. The summed E-state index contributed by atoms with van der Waals surface area (Å²) in [6, 6.07) is 7.84. The van der Waals surface area contributed by atoms with Gasteiger partial charge >= 0.3 is 0 Å². The van der Waals surface area contributed by atoms with Crippen molar-refractivity contribution >= 4 is 16.9 Å². The summed E-state index contributed by atoms with van der Waals surface area (Å²) in [5.41, 5.74) is 2.66. The van der Waals surface area contributed by atoms with Gasteiger partial charge in [0, 0.05) is 11.4 Å². The van der Waals surface area contributed by atoms with E-state index in [9.17, 15) is 4.79 Å². The van der Waals surface area contributed by atoms with Crippen LogP contribution in [-0.4, -0.2) is 11.9 Å². The molecular formula is C17H19NO2. The van der Waals surface area contributed by atoms with Gasteiger partial charge in [-0.25, -0.2) is 0 Å². The maximum atomic E-state index is 12.4. The van der Waals surface area contributed by atoms with Crippen molar-refractivity contribution in [2.45, 2.75) is 32.2 Å². The van der Waals surface area contributed by atoms with Gasteiger partial charge in [-0.05, 0) is 31.2 Å². The van der Waals surface area contributed by atoms with Crippen molar-refractivity contribution in [2.24, 2.45) is 5.92 Å². The van der Waals surface area contributed by atoms with Gasteiger partial charge < -0.3 is 9.73 Å². The largest absolute Gasteiger partial charge is 0.463 e. The highest BCUT2D eigenvalue weighted by Gasteiger charge is 2.25. The number of hydrogen-bond acceptors (Lipinski definition) is 2. The molecule has 3 nitrogen and oxygen atoms in total. The maximum absolute atomic E-state index is 12.4. The van der Waals surface area contributed by atoms with E-state index in [0.29, 0.717) is 11.5 Å². The molecule has 0 aliphatic heterocycles. The maximum Gasteiger partial charge on any atom is 0.255 e. The minimum absolute atomic E-state index is 0.0423. The van der Waals surface area contributed by atoms with E-state index in [-0.39, 0.29) is 11.9 Å². The van der Waals surface area contributed by atoms with Crippen LogP contribution in [0.25, 0.3) is 11.0 Å². The van der Waals surface area contributed by atoms with Crippen LogP contribution < -0.4 is 5.32 Å². The lowest BCUT2D eigenvalue weighted by molar-refractivity contribution is 0.0917. The number of furan rings is 1. The molecule has 1 heterocycles. The van der Waals surface area contributed by atoms with Crippen LogP contribution in [0.5, 0.6) is 0 Å². The van der Waals surface area contributed by atoms with Crippen molar-refractivity contribution in [3.63, 3.8) is 0 Å². The topological polar surface area (TPSA) is 42.2 Å². The summed E-state index contributed by atoms with van der Waals surface area (Å²) < 4.78 is 5.43. The second-order valence-electron chi connectivity index (χ2n) is 5.70. The highest BCUT2D eigenvalue weighted by atomic mass is 16.3. The van der Waals surface area contributed by atoms with E-state index in [1.54, 1.807) is 6.26 Å². The van der Waals surface area contributed by atoms with Gasteiger partial charge in [-0.1, -0.05) is 37.3 Å². The molecule has 0 radical (unpaired) electrons.